The molecule has 4 rings (SSSR count). The smallest absolute Gasteiger partial charge is 0.435 e. The molecule has 1 aromatic heterocycles. The Morgan fingerprint density at radius 1 is 1.06 bits per heavy atom. The highest BCUT2D eigenvalue weighted by Gasteiger charge is 2.40. The van der Waals surface area contributed by atoms with E-state index in [-0.39, 0.29) is 16.0 Å². The summed E-state index contributed by atoms with van der Waals surface area (Å²) in [5, 5.41) is 5.05. The van der Waals surface area contributed by atoms with Crippen molar-refractivity contribution in [3.05, 3.63) is 76.6 Å². The van der Waals surface area contributed by atoms with Gasteiger partial charge >= 0.3 is 6.18 Å². The van der Waals surface area contributed by atoms with Crippen molar-refractivity contribution < 1.29 is 27.5 Å². The quantitative estimate of drug-likeness (QED) is 0.315. The molecule has 2 heterocycles. The second-order valence-electron chi connectivity index (χ2n) is 7.04. The van der Waals surface area contributed by atoms with Gasteiger partial charge in [0.2, 0.25) is 0 Å². The molecule has 34 heavy (non-hydrogen) atoms. The maximum atomic E-state index is 13.4. The fourth-order valence-corrected chi connectivity index (χ4v) is 3.64. The van der Waals surface area contributed by atoms with Crippen LogP contribution in [0, 0.1) is 0 Å². The molecular weight excluding hydrogens is 493 g/mol. The van der Waals surface area contributed by atoms with Crippen LogP contribution >= 0.6 is 23.8 Å². The number of para-hydroxylation sites is 1. The molecule has 0 spiro atoms. The molecule has 0 radical (unpaired) electrons. The summed E-state index contributed by atoms with van der Waals surface area (Å²) in [5.41, 5.74) is -2.24. The minimum atomic E-state index is -4.85. The standard InChI is InChI=1S/C22H14ClF3N4O3S/c1-29-18(23)15(17(28-29)22(24,25)26)11-16-19(31)27-21(34)30(20(16)32)12-7-9-14(10-8-12)33-13-5-3-2-4-6-13/h2-11H,1H3,(H,27,31,34). The first-order chi connectivity index (χ1) is 16.1. The van der Waals surface area contributed by atoms with Gasteiger partial charge in [0.15, 0.2) is 10.8 Å². The Morgan fingerprint density at radius 2 is 1.68 bits per heavy atom. The van der Waals surface area contributed by atoms with Crippen LogP contribution in [0.2, 0.25) is 5.15 Å². The maximum absolute atomic E-state index is 13.4. The van der Waals surface area contributed by atoms with Crippen molar-refractivity contribution in [3.63, 3.8) is 0 Å². The Balaban J connectivity index is 1.67. The summed E-state index contributed by atoms with van der Waals surface area (Å²) in [5.74, 6) is -0.796. The molecule has 2 amide bonds. The van der Waals surface area contributed by atoms with Crippen molar-refractivity contribution in [3.8, 4) is 11.5 Å². The molecule has 1 N–H and O–H groups in total. The van der Waals surface area contributed by atoms with Crippen LogP contribution in [0.3, 0.4) is 0 Å². The molecule has 1 saturated heterocycles. The van der Waals surface area contributed by atoms with E-state index >= 15 is 0 Å². The van der Waals surface area contributed by atoms with E-state index in [0.717, 1.165) is 15.7 Å². The van der Waals surface area contributed by atoms with Crippen LogP contribution in [-0.2, 0) is 22.8 Å². The zero-order valence-electron chi connectivity index (χ0n) is 17.3. The van der Waals surface area contributed by atoms with Crippen LogP contribution in [-0.4, -0.2) is 26.7 Å². The lowest BCUT2D eigenvalue weighted by Crippen LogP contribution is -2.54. The van der Waals surface area contributed by atoms with Crippen LogP contribution in [0.5, 0.6) is 11.5 Å². The number of nitrogens with zero attached hydrogens (tertiary/aromatic N) is 3. The third-order valence-corrected chi connectivity index (χ3v) is 5.48. The van der Waals surface area contributed by atoms with Crippen LogP contribution in [0.25, 0.3) is 6.08 Å². The summed E-state index contributed by atoms with van der Waals surface area (Å²) in [7, 11) is 1.21. The highest BCUT2D eigenvalue weighted by molar-refractivity contribution is 7.80. The summed E-state index contributed by atoms with van der Waals surface area (Å²) in [6.07, 6.45) is -4.09. The molecule has 0 unspecified atom stereocenters. The lowest BCUT2D eigenvalue weighted by atomic mass is 10.1. The first-order valence-corrected chi connectivity index (χ1v) is 10.4. The Hall–Kier alpha value is -3.70. The van der Waals surface area contributed by atoms with E-state index < -0.39 is 34.8 Å². The topological polar surface area (TPSA) is 76.5 Å². The van der Waals surface area contributed by atoms with Crippen molar-refractivity contribution in [2.45, 2.75) is 6.18 Å². The van der Waals surface area contributed by atoms with E-state index in [2.05, 4.69) is 10.4 Å². The minimum Gasteiger partial charge on any atom is -0.457 e. The van der Waals surface area contributed by atoms with E-state index in [1.54, 1.807) is 24.3 Å². The number of benzene rings is 2. The predicted octanol–water partition coefficient (Wildman–Crippen LogP) is 4.72. The highest BCUT2D eigenvalue weighted by atomic mass is 35.5. The van der Waals surface area contributed by atoms with Gasteiger partial charge in [-0.05, 0) is 54.7 Å². The summed E-state index contributed by atoms with van der Waals surface area (Å²) >= 11 is 11.1. The fraction of sp³-hybridized carbons (Fsp3) is 0.0909. The van der Waals surface area contributed by atoms with Crippen LogP contribution in [0.4, 0.5) is 18.9 Å². The number of nitrogens with one attached hydrogen (secondary N) is 1. The molecule has 12 heteroatoms. The first kappa shape index (κ1) is 23.5. The summed E-state index contributed by atoms with van der Waals surface area (Å²) in [4.78, 5) is 26.6. The lowest BCUT2D eigenvalue weighted by Gasteiger charge is -2.29. The molecule has 0 aliphatic carbocycles. The van der Waals surface area contributed by atoms with Crippen molar-refractivity contribution in [2.24, 2.45) is 7.05 Å². The minimum absolute atomic E-state index is 0.225. The van der Waals surface area contributed by atoms with Crippen LogP contribution < -0.4 is 15.0 Å². The molecule has 0 saturated carbocycles. The average molecular weight is 507 g/mol. The van der Waals surface area contributed by atoms with Gasteiger partial charge in [-0.2, -0.15) is 18.3 Å². The molecule has 2 aromatic carbocycles. The normalized spacial score (nSPS) is 15.6. The van der Waals surface area contributed by atoms with Gasteiger partial charge in [-0.25, -0.2) is 0 Å². The second kappa shape index (κ2) is 8.92. The average Bonchev–Trinajstić information content (AvgIpc) is 3.07. The fourth-order valence-electron chi connectivity index (χ4n) is 3.18. The Morgan fingerprint density at radius 3 is 2.29 bits per heavy atom. The Kier molecular flexibility index (Phi) is 6.15. The number of halogens is 4. The lowest BCUT2D eigenvalue weighted by molar-refractivity contribution is -0.141. The number of ether oxygens (including phenoxy) is 1. The van der Waals surface area contributed by atoms with Crippen molar-refractivity contribution >= 4 is 52.5 Å². The maximum Gasteiger partial charge on any atom is 0.435 e. The number of anilines is 1. The zero-order valence-corrected chi connectivity index (χ0v) is 18.8. The number of hydrogen-bond donors (Lipinski definition) is 1. The van der Waals surface area contributed by atoms with Gasteiger partial charge in [-0.15, -0.1) is 0 Å². The van der Waals surface area contributed by atoms with Gasteiger partial charge in [-0.3, -0.25) is 24.5 Å². The molecule has 174 valence electrons. The zero-order chi connectivity index (χ0) is 24.6. The second-order valence-corrected chi connectivity index (χ2v) is 7.79. The van der Waals surface area contributed by atoms with Crippen LogP contribution in [0.15, 0.2) is 60.2 Å². The Labute approximate surface area is 201 Å². The molecule has 0 bridgehead atoms. The number of carbonyl (C=O) groups excluding carboxylic acids is 2. The van der Waals surface area contributed by atoms with E-state index in [4.69, 9.17) is 28.6 Å². The van der Waals surface area contributed by atoms with Crippen LogP contribution in [0.1, 0.15) is 11.3 Å². The molecule has 3 aromatic rings. The summed E-state index contributed by atoms with van der Waals surface area (Å²) < 4.78 is 46.7. The van der Waals surface area contributed by atoms with Gasteiger partial charge in [0.1, 0.15) is 22.2 Å². The molecule has 7 nitrogen and oxygen atoms in total. The van der Waals surface area contributed by atoms with Gasteiger partial charge in [0, 0.05) is 12.6 Å². The number of alkyl halides is 3. The van der Waals surface area contributed by atoms with Gasteiger partial charge < -0.3 is 4.74 Å². The highest BCUT2D eigenvalue weighted by Crippen LogP contribution is 2.36. The number of rotatable bonds is 4. The first-order valence-electron chi connectivity index (χ1n) is 9.60. The molecular formula is C22H14ClF3N4O3S. The molecule has 0 atom stereocenters. The third-order valence-electron chi connectivity index (χ3n) is 4.74. The van der Waals surface area contributed by atoms with E-state index in [1.165, 1.54) is 19.2 Å². The number of carbonyl (C=O) groups is 2. The van der Waals surface area contributed by atoms with Crippen molar-refractivity contribution in [1.29, 1.82) is 0 Å². The van der Waals surface area contributed by atoms with Crippen molar-refractivity contribution in [1.82, 2.24) is 15.1 Å². The van der Waals surface area contributed by atoms with E-state index in [9.17, 15) is 22.8 Å². The Bertz CT molecular complexity index is 1320. The van der Waals surface area contributed by atoms with Gasteiger partial charge in [-0.1, -0.05) is 29.8 Å². The monoisotopic (exact) mass is 506 g/mol. The number of aromatic nitrogens is 2. The number of amides is 2. The summed E-state index contributed by atoms with van der Waals surface area (Å²) in [6, 6.07) is 15.2. The van der Waals surface area contributed by atoms with E-state index in [0.29, 0.717) is 11.5 Å². The van der Waals surface area contributed by atoms with E-state index in [1.807, 2.05) is 18.2 Å². The molecule has 1 fully saturated rings. The predicted molar refractivity (Wildman–Crippen MR) is 122 cm³/mol. The third kappa shape index (κ3) is 4.52. The molecule has 1 aliphatic rings. The number of thiocarbonyl (C=S) groups is 1. The van der Waals surface area contributed by atoms with Gasteiger partial charge in [0.25, 0.3) is 11.8 Å². The largest absolute Gasteiger partial charge is 0.457 e. The number of hydrogen-bond acceptors (Lipinski definition) is 5. The summed E-state index contributed by atoms with van der Waals surface area (Å²) in [6.45, 7) is 0. The van der Waals surface area contributed by atoms with Crippen molar-refractivity contribution in [2.75, 3.05) is 4.90 Å². The SMILES string of the molecule is Cn1nc(C(F)(F)F)c(C=C2C(=O)NC(=S)N(c3ccc(Oc4ccccc4)cc3)C2=O)c1Cl. The number of aryl methyl sites for hydroxylation is 1. The van der Waals surface area contributed by atoms with Gasteiger partial charge in [0.05, 0.1) is 5.69 Å². The molecule has 1 aliphatic heterocycles.